The summed E-state index contributed by atoms with van der Waals surface area (Å²) >= 11 is 0. The molecule has 0 aliphatic carbocycles. The number of phosphoric ester groups is 1. The lowest BCUT2D eigenvalue weighted by Gasteiger charge is -2.20. The van der Waals surface area contributed by atoms with Crippen LogP contribution in [-0.2, 0) is 27.9 Å². The molecule has 10 heteroatoms. The molecule has 0 aliphatic heterocycles. The molecule has 0 heterocycles. The van der Waals surface area contributed by atoms with Crippen LogP contribution in [0.15, 0.2) is 24.3 Å². The van der Waals surface area contributed by atoms with Crippen molar-refractivity contribution in [3.8, 4) is 0 Å². The highest BCUT2D eigenvalue weighted by Gasteiger charge is 2.26. The lowest BCUT2D eigenvalue weighted by atomic mass is 10.0. The highest BCUT2D eigenvalue weighted by Crippen LogP contribution is 2.43. The summed E-state index contributed by atoms with van der Waals surface area (Å²) in [5.41, 5.74) is 0. The zero-order chi connectivity index (χ0) is 45.3. The van der Waals surface area contributed by atoms with Crippen molar-refractivity contribution in [1.82, 2.24) is 0 Å². The van der Waals surface area contributed by atoms with Crippen LogP contribution in [0, 0.1) is 0 Å². The summed E-state index contributed by atoms with van der Waals surface area (Å²) in [6.45, 7) is 3.55. The van der Waals surface area contributed by atoms with E-state index in [1.165, 1.54) is 193 Å². The fraction of sp³-hybridized carbons (Fsp3) is 0.904. The number of carbonyl (C=O) groups excluding carboxylic acids is 1. The molecule has 0 fully saturated rings. The third-order valence-electron chi connectivity index (χ3n) is 11.6. The van der Waals surface area contributed by atoms with Crippen molar-refractivity contribution in [1.29, 1.82) is 0 Å². The van der Waals surface area contributed by atoms with Crippen molar-refractivity contribution < 1.29 is 43.0 Å². The predicted molar refractivity (Wildman–Crippen MR) is 261 cm³/mol. The SMILES string of the molecule is CCCCC/C=C\C/C=C\CCCCCCCCCCCCOCC(COP(=O)(O)OCC(O)CO)OC(=O)CCCCCCCCCCCCCCCCCCCCCCC. The number of hydrogen-bond acceptors (Lipinski definition) is 8. The molecular weight excluding hydrogens is 800 g/mol. The van der Waals surface area contributed by atoms with Crippen molar-refractivity contribution in [3.63, 3.8) is 0 Å². The molecule has 0 radical (unpaired) electrons. The van der Waals surface area contributed by atoms with E-state index in [0.717, 1.165) is 44.9 Å². The molecule has 3 unspecified atom stereocenters. The Morgan fingerprint density at radius 3 is 1.32 bits per heavy atom. The van der Waals surface area contributed by atoms with Gasteiger partial charge in [0.05, 0.1) is 26.4 Å². The first kappa shape index (κ1) is 60.9. The van der Waals surface area contributed by atoms with Gasteiger partial charge in [-0.3, -0.25) is 13.8 Å². The Hall–Kier alpha value is -1.06. The normalized spacial score (nSPS) is 14.0. The van der Waals surface area contributed by atoms with E-state index in [4.69, 9.17) is 23.6 Å². The highest BCUT2D eigenvalue weighted by atomic mass is 31.2. The third-order valence-corrected chi connectivity index (χ3v) is 12.6. The molecule has 0 aromatic rings. The van der Waals surface area contributed by atoms with E-state index in [1.807, 2.05) is 0 Å². The van der Waals surface area contributed by atoms with Gasteiger partial charge in [0, 0.05) is 13.0 Å². The summed E-state index contributed by atoms with van der Waals surface area (Å²) in [4.78, 5) is 22.7. The fourth-order valence-corrected chi connectivity index (χ4v) is 8.41. The van der Waals surface area contributed by atoms with Gasteiger partial charge in [0.1, 0.15) is 12.2 Å². The summed E-state index contributed by atoms with van der Waals surface area (Å²) in [5, 5.41) is 18.4. The number of carbonyl (C=O) groups is 1. The molecule has 62 heavy (non-hydrogen) atoms. The molecule has 0 saturated carbocycles. The Balaban J connectivity index is 4.03. The first-order valence-corrected chi connectivity index (χ1v) is 27.8. The first-order chi connectivity index (χ1) is 30.3. The molecule has 3 N–H and O–H groups in total. The van der Waals surface area contributed by atoms with Crippen molar-refractivity contribution in [2.75, 3.05) is 33.0 Å². The summed E-state index contributed by atoms with van der Waals surface area (Å²) in [6.07, 6.45) is 54.3. The van der Waals surface area contributed by atoms with Crippen LogP contribution >= 0.6 is 7.82 Å². The fourth-order valence-electron chi connectivity index (χ4n) is 7.62. The van der Waals surface area contributed by atoms with Crippen LogP contribution in [0.2, 0.25) is 0 Å². The van der Waals surface area contributed by atoms with E-state index in [-0.39, 0.29) is 25.6 Å². The molecule has 0 aromatic carbocycles. The van der Waals surface area contributed by atoms with Crippen LogP contribution in [0.1, 0.15) is 258 Å². The zero-order valence-electron chi connectivity index (χ0n) is 40.6. The minimum Gasteiger partial charge on any atom is -0.457 e. The van der Waals surface area contributed by atoms with Crippen LogP contribution in [0.4, 0.5) is 0 Å². The van der Waals surface area contributed by atoms with Crippen molar-refractivity contribution in [3.05, 3.63) is 24.3 Å². The van der Waals surface area contributed by atoms with Gasteiger partial charge in [0.2, 0.25) is 0 Å². The van der Waals surface area contributed by atoms with E-state index in [0.29, 0.717) is 6.61 Å². The van der Waals surface area contributed by atoms with Crippen LogP contribution < -0.4 is 0 Å². The Morgan fingerprint density at radius 1 is 0.500 bits per heavy atom. The van der Waals surface area contributed by atoms with Gasteiger partial charge in [-0.25, -0.2) is 4.57 Å². The first-order valence-electron chi connectivity index (χ1n) is 26.3. The van der Waals surface area contributed by atoms with Gasteiger partial charge in [-0.05, 0) is 44.9 Å². The van der Waals surface area contributed by atoms with Gasteiger partial charge in [-0.15, -0.1) is 0 Å². The largest absolute Gasteiger partial charge is 0.472 e. The molecule has 0 spiro atoms. The van der Waals surface area contributed by atoms with E-state index >= 15 is 0 Å². The number of hydrogen-bond donors (Lipinski definition) is 3. The lowest BCUT2D eigenvalue weighted by Crippen LogP contribution is -2.29. The van der Waals surface area contributed by atoms with Gasteiger partial charge in [-0.2, -0.15) is 0 Å². The zero-order valence-corrected chi connectivity index (χ0v) is 41.5. The van der Waals surface area contributed by atoms with Gasteiger partial charge < -0.3 is 24.6 Å². The number of aliphatic hydroxyl groups is 2. The molecule has 3 atom stereocenters. The second-order valence-corrected chi connectivity index (χ2v) is 19.4. The molecule has 0 rings (SSSR count). The van der Waals surface area contributed by atoms with Gasteiger partial charge in [0.15, 0.2) is 0 Å². The van der Waals surface area contributed by atoms with Crippen LogP contribution in [0.5, 0.6) is 0 Å². The Bertz CT molecular complexity index is 1020. The standard InChI is InChI=1S/C52H101O9P/c1-3-5-7-9-11-13-15-17-19-21-23-25-26-28-30-32-34-36-38-40-42-44-52(55)61-51(49-60-62(56,57)59-47-50(54)46-53)48-58-45-43-41-39-37-35-33-31-29-27-24-22-20-18-16-14-12-10-8-6-4-2/h12,14,18,20,50-51,53-54H,3-11,13,15-17,19,21-49H2,1-2H3,(H,56,57)/b14-12-,20-18-. The van der Waals surface area contributed by atoms with Crippen LogP contribution in [0.3, 0.4) is 0 Å². The van der Waals surface area contributed by atoms with Crippen molar-refractivity contribution >= 4 is 13.8 Å². The summed E-state index contributed by atoms with van der Waals surface area (Å²) < 4.78 is 33.6. The number of unbranched alkanes of at least 4 members (excludes halogenated alkanes) is 33. The maximum absolute atomic E-state index is 12.7. The predicted octanol–water partition coefficient (Wildman–Crippen LogP) is 15.4. The number of allylic oxidation sites excluding steroid dienone is 4. The molecule has 0 aromatic heterocycles. The number of aliphatic hydroxyl groups excluding tert-OH is 2. The average Bonchev–Trinajstić information content (AvgIpc) is 3.26. The smallest absolute Gasteiger partial charge is 0.457 e. The number of ether oxygens (including phenoxy) is 2. The van der Waals surface area contributed by atoms with Crippen LogP contribution in [0.25, 0.3) is 0 Å². The van der Waals surface area contributed by atoms with Gasteiger partial charge in [-0.1, -0.05) is 231 Å². The van der Waals surface area contributed by atoms with Gasteiger partial charge in [0.25, 0.3) is 0 Å². The van der Waals surface area contributed by atoms with Crippen molar-refractivity contribution in [2.24, 2.45) is 0 Å². The summed E-state index contributed by atoms with van der Waals surface area (Å²) in [6, 6.07) is 0. The van der Waals surface area contributed by atoms with E-state index < -0.39 is 33.2 Å². The monoisotopic (exact) mass is 901 g/mol. The average molecular weight is 901 g/mol. The molecular formula is C52H101O9P. The maximum atomic E-state index is 12.7. The molecule has 0 bridgehead atoms. The van der Waals surface area contributed by atoms with E-state index in [1.54, 1.807) is 0 Å². The van der Waals surface area contributed by atoms with Gasteiger partial charge >= 0.3 is 13.8 Å². The van der Waals surface area contributed by atoms with Crippen LogP contribution in [-0.4, -0.2) is 66.3 Å². The molecule has 0 saturated heterocycles. The second-order valence-electron chi connectivity index (χ2n) is 17.9. The Labute approximate surface area is 383 Å². The summed E-state index contributed by atoms with van der Waals surface area (Å²) in [7, 11) is -4.52. The van der Waals surface area contributed by atoms with E-state index in [2.05, 4.69) is 38.2 Å². The second kappa shape index (κ2) is 49.4. The number of esters is 1. The maximum Gasteiger partial charge on any atom is 0.472 e. The minimum atomic E-state index is -4.52. The minimum absolute atomic E-state index is 0.0519. The molecule has 0 amide bonds. The quantitative estimate of drug-likeness (QED) is 0.0236. The topological polar surface area (TPSA) is 132 Å². The van der Waals surface area contributed by atoms with Crippen molar-refractivity contribution in [2.45, 2.75) is 270 Å². The molecule has 368 valence electrons. The molecule has 9 nitrogen and oxygen atoms in total. The number of phosphoric acid groups is 1. The Morgan fingerprint density at radius 2 is 0.871 bits per heavy atom. The lowest BCUT2D eigenvalue weighted by molar-refractivity contribution is -0.154. The molecule has 0 aliphatic rings. The third kappa shape index (κ3) is 48.4. The Kier molecular flexibility index (Phi) is 48.5. The summed E-state index contributed by atoms with van der Waals surface area (Å²) in [5.74, 6) is -0.377. The number of rotatable bonds is 51. The van der Waals surface area contributed by atoms with E-state index in [9.17, 15) is 19.4 Å². The highest BCUT2D eigenvalue weighted by molar-refractivity contribution is 7.47.